The topological polar surface area (TPSA) is 49.4 Å². The number of carbonyl (C=O) groups is 2. The molecule has 2 aliphatic rings. The third-order valence-electron chi connectivity index (χ3n) is 4.23. The van der Waals surface area contributed by atoms with Gasteiger partial charge in [0.25, 0.3) is 0 Å². The first-order valence-electron chi connectivity index (χ1n) is 7.32. The van der Waals surface area contributed by atoms with Crippen molar-refractivity contribution in [1.29, 1.82) is 0 Å². The number of carbonyl (C=O) groups excluding carboxylic acids is 2. The Hall–Kier alpha value is -1.84. The van der Waals surface area contributed by atoms with Crippen LogP contribution in [0.1, 0.15) is 31.7 Å². The summed E-state index contributed by atoms with van der Waals surface area (Å²) in [5.74, 6) is 1.13. The number of hydrogen-bond donors (Lipinski definition) is 1. The zero-order chi connectivity index (χ0) is 14.1. The van der Waals surface area contributed by atoms with Gasteiger partial charge < -0.3 is 10.2 Å². The molecular weight excluding hydrogens is 252 g/mol. The van der Waals surface area contributed by atoms with Crippen LogP contribution < -0.4 is 10.2 Å². The maximum absolute atomic E-state index is 11.7. The third-order valence-corrected chi connectivity index (χ3v) is 4.23. The molecule has 0 bridgehead atoms. The molecule has 0 radical (unpaired) electrons. The van der Waals surface area contributed by atoms with E-state index in [-0.39, 0.29) is 17.7 Å². The van der Waals surface area contributed by atoms with Crippen LogP contribution in [-0.2, 0) is 16.1 Å². The highest BCUT2D eigenvalue weighted by atomic mass is 16.2. The Bertz CT molecular complexity index is 524. The lowest BCUT2D eigenvalue weighted by Crippen LogP contribution is -2.25. The lowest BCUT2D eigenvalue weighted by molar-refractivity contribution is -0.122. The summed E-state index contributed by atoms with van der Waals surface area (Å²) in [5, 5.41) is 2.97. The summed E-state index contributed by atoms with van der Waals surface area (Å²) in [6.45, 7) is 3.48. The van der Waals surface area contributed by atoms with Gasteiger partial charge in [0.05, 0.1) is 0 Å². The monoisotopic (exact) mass is 272 g/mol. The largest absolute Gasteiger partial charge is 0.352 e. The van der Waals surface area contributed by atoms with Gasteiger partial charge in [0.1, 0.15) is 0 Å². The van der Waals surface area contributed by atoms with E-state index in [1.54, 1.807) is 0 Å². The van der Waals surface area contributed by atoms with E-state index in [2.05, 4.69) is 12.2 Å². The molecule has 2 atom stereocenters. The van der Waals surface area contributed by atoms with Crippen molar-refractivity contribution >= 4 is 17.5 Å². The summed E-state index contributed by atoms with van der Waals surface area (Å²) in [4.78, 5) is 25.2. The molecule has 1 saturated carbocycles. The molecule has 4 heteroatoms. The summed E-state index contributed by atoms with van der Waals surface area (Å²) in [6.07, 6.45) is 2.61. The summed E-state index contributed by atoms with van der Waals surface area (Å²) in [6, 6.07) is 7.89. The Kier molecular flexibility index (Phi) is 3.47. The highest BCUT2D eigenvalue weighted by molar-refractivity contribution is 5.95. The van der Waals surface area contributed by atoms with Gasteiger partial charge in [-0.3, -0.25) is 9.59 Å². The number of amides is 2. The van der Waals surface area contributed by atoms with E-state index < -0.39 is 0 Å². The second-order valence-electron chi connectivity index (χ2n) is 5.85. The minimum Gasteiger partial charge on any atom is -0.352 e. The summed E-state index contributed by atoms with van der Waals surface area (Å²) in [5.41, 5.74) is 2.03. The molecule has 2 fully saturated rings. The molecule has 1 heterocycles. The molecule has 1 aliphatic heterocycles. The predicted octanol–water partition coefficient (Wildman–Crippen LogP) is 2.09. The first kappa shape index (κ1) is 13.2. The van der Waals surface area contributed by atoms with Gasteiger partial charge >= 0.3 is 0 Å². The van der Waals surface area contributed by atoms with Crippen molar-refractivity contribution in [2.24, 2.45) is 11.8 Å². The third kappa shape index (κ3) is 2.69. The molecular formula is C16H20N2O2. The number of anilines is 1. The fourth-order valence-electron chi connectivity index (χ4n) is 2.72. The Morgan fingerprint density at radius 3 is 2.60 bits per heavy atom. The van der Waals surface area contributed by atoms with E-state index in [9.17, 15) is 9.59 Å². The number of hydrogen-bond acceptors (Lipinski definition) is 2. The van der Waals surface area contributed by atoms with Crippen LogP contribution in [0.3, 0.4) is 0 Å². The van der Waals surface area contributed by atoms with Crippen molar-refractivity contribution in [2.45, 2.75) is 32.7 Å². The number of benzene rings is 1. The number of rotatable bonds is 4. The van der Waals surface area contributed by atoms with Gasteiger partial charge in [0.15, 0.2) is 0 Å². The molecule has 1 N–H and O–H groups in total. The average molecular weight is 272 g/mol. The van der Waals surface area contributed by atoms with E-state index in [1.165, 1.54) is 0 Å². The fraction of sp³-hybridized carbons (Fsp3) is 0.500. The van der Waals surface area contributed by atoms with Crippen molar-refractivity contribution in [3.63, 3.8) is 0 Å². The smallest absolute Gasteiger partial charge is 0.227 e. The Morgan fingerprint density at radius 2 is 2.05 bits per heavy atom. The summed E-state index contributed by atoms with van der Waals surface area (Å²) < 4.78 is 0. The average Bonchev–Trinajstić information content (AvgIpc) is 3.03. The van der Waals surface area contributed by atoms with Crippen molar-refractivity contribution in [2.75, 3.05) is 11.4 Å². The van der Waals surface area contributed by atoms with Crippen molar-refractivity contribution < 1.29 is 9.59 Å². The van der Waals surface area contributed by atoms with Crippen molar-refractivity contribution in [3.05, 3.63) is 29.8 Å². The first-order chi connectivity index (χ1) is 9.65. The quantitative estimate of drug-likeness (QED) is 0.912. The molecule has 1 aromatic rings. The van der Waals surface area contributed by atoms with E-state index >= 15 is 0 Å². The first-order valence-corrected chi connectivity index (χ1v) is 7.32. The molecule has 2 amide bonds. The van der Waals surface area contributed by atoms with Gasteiger partial charge in [-0.1, -0.05) is 19.1 Å². The highest BCUT2D eigenvalue weighted by Crippen LogP contribution is 2.37. The van der Waals surface area contributed by atoms with Crippen LogP contribution in [0.4, 0.5) is 5.69 Å². The lowest BCUT2D eigenvalue weighted by Gasteiger charge is -2.16. The molecule has 1 saturated heterocycles. The SMILES string of the molecule is C[C@@H]1C[C@H]1C(=O)NCc1ccc(N2CCCC2=O)cc1. The van der Waals surface area contributed by atoms with Gasteiger partial charge in [-0.05, 0) is 36.5 Å². The maximum atomic E-state index is 11.7. The standard InChI is InChI=1S/C16H20N2O2/c1-11-9-14(11)16(20)17-10-12-4-6-13(7-5-12)18-8-2-3-15(18)19/h4-7,11,14H,2-3,8-10H2,1H3,(H,17,20)/t11-,14-/m1/s1. The lowest BCUT2D eigenvalue weighted by atomic mass is 10.2. The van der Waals surface area contributed by atoms with Crippen LogP contribution in [0.25, 0.3) is 0 Å². The van der Waals surface area contributed by atoms with E-state index in [0.29, 0.717) is 18.9 Å². The van der Waals surface area contributed by atoms with Gasteiger partial charge in [0, 0.05) is 31.1 Å². The normalized spacial score (nSPS) is 24.9. The summed E-state index contributed by atoms with van der Waals surface area (Å²) >= 11 is 0. The van der Waals surface area contributed by atoms with Gasteiger partial charge in [-0.2, -0.15) is 0 Å². The highest BCUT2D eigenvalue weighted by Gasteiger charge is 2.38. The second kappa shape index (κ2) is 5.27. The van der Waals surface area contributed by atoms with Crippen LogP contribution in [0.15, 0.2) is 24.3 Å². The molecule has 3 rings (SSSR count). The van der Waals surface area contributed by atoms with E-state index in [4.69, 9.17) is 0 Å². The van der Waals surface area contributed by atoms with Crippen molar-refractivity contribution in [1.82, 2.24) is 5.32 Å². The van der Waals surface area contributed by atoms with Gasteiger partial charge in [-0.15, -0.1) is 0 Å². The fourth-order valence-corrected chi connectivity index (χ4v) is 2.72. The zero-order valence-corrected chi connectivity index (χ0v) is 11.8. The van der Waals surface area contributed by atoms with Gasteiger partial charge in [0.2, 0.25) is 11.8 Å². The molecule has 0 spiro atoms. The minimum atomic E-state index is 0.163. The molecule has 4 nitrogen and oxygen atoms in total. The molecule has 106 valence electrons. The van der Waals surface area contributed by atoms with E-state index in [0.717, 1.165) is 30.6 Å². The predicted molar refractivity (Wildman–Crippen MR) is 77.1 cm³/mol. The summed E-state index contributed by atoms with van der Waals surface area (Å²) in [7, 11) is 0. The van der Waals surface area contributed by atoms with Crippen molar-refractivity contribution in [3.8, 4) is 0 Å². The van der Waals surface area contributed by atoms with Crippen LogP contribution in [0, 0.1) is 11.8 Å². The van der Waals surface area contributed by atoms with Gasteiger partial charge in [-0.25, -0.2) is 0 Å². The maximum Gasteiger partial charge on any atom is 0.227 e. The number of nitrogens with zero attached hydrogens (tertiary/aromatic N) is 1. The number of nitrogens with one attached hydrogen (secondary N) is 1. The van der Waals surface area contributed by atoms with E-state index in [1.807, 2.05) is 29.2 Å². The van der Waals surface area contributed by atoms with Crippen LogP contribution in [-0.4, -0.2) is 18.4 Å². The Labute approximate surface area is 119 Å². The zero-order valence-electron chi connectivity index (χ0n) is 11.8. The Balaban J connectivity index is 1.56. The minimum absolute atomic E-state index is 0.163. The van der Waals surface area contributed by atoms with Crippen LogP contribution >= 0.6 is 0 Å². The molecule has 0 unspecified atom stereocenters. The Morgan fingerprint density at radius 1 is 1.35 bits per heavy atom. The molecule has 1 aromatic carbocycles. The second-order valence-corrected chi connectivity index (χ2v) is 5.85. The molecule has 1 aliphatic carbocycles. The van der Waals surface area contributed by atoms with Crippen LogP contribution in [0.5, 0.6) is 0 Å². The van der Waals surface area contributed by atoms with Crippen LogP contribution in [0.2, 0.25) is 0 Å². The molecule has 0 aromatic heterocycles. The molecule has 20 heavy (non-hydrogen) atoms.